The second kappa shape index (κ2) is 8.65. The SMILES string of the molecule is [C]#CCCCCCCCC(C)C. The first-order chi connectivity index (χ1) is 5.77. The predicted molar refractivity (Wildman–Crippen MR) is 54.3 cm³/mol. The Labute approximate surface area is 77.8 Å². The molecule has 0 heterocycles. The van der Waals surface area contributed by atoms with Crippen LogP contribution in [0, 0.1) is 18.3 Å². The number of rotatable bonds is 7. The molecule has 0 spiro atoms. The van der Waals surface area contributed by atoms with Gasteiger partial charge < -0.3 is 0 Å². The van der Waals surface area contributed by atoms with Crippen LogP contribution in [0.3, 0.4) is 0 Å². The highest BCUT2D eigenvalue weighted by atomic mass is 14.0. The van der Waals surface area contributed by atoms with Crippen molar-refractivity contribution in [1.82, 2.24) is 0 Å². The lowest BCUT2D eigenvalue weighted by Crippen LogP contribution is -1.86. The largest absolute Gasteiger partial charge is 0.0891 e. The highest BCUT2D eigenvalue weighted by Gasteiger charge is 1.93. The molecule has 0 nitrogen and oxygen atoms in total. The van der Waals surface area contributed by atoms with Gasteiger partial charge >= 0.3 is 0 Å². The van der Waals surface area contributed by atoms with Crippen molar-refractivity contribution >= 4 is 0 Å². The monoisotopic (exact) mass is 165 g/mol. The quantitative estimate of drug-likeness (QED) is 0.395. The van der Waals surface area contributed by atoms with E-state index in [1.165, 1.54) is 32.1 Å². The molecule has 0 aliphatic carbocycles. The molecule has 0 fully saturated rings. The Morgan fingerprint density at radius 1 is 1.00 bits per heavy atom. The van der Waals surface area contributed by atoms with Gasteiger partial charge in [-0.05, 0) is 18.8 Å². The maximum absolute atomic E-state index is 6.73. The van der Waals surface area contributed by atoms with E-state index < -0.39 is 0 Å². The van der Waals surface area contributed by atoms with Crippen molar-refractivity contribution in [2.24, 2.45) is 5.92 Å². The molecule has 0 saturated carbocycles. The molecule has 0 bridgehead atoms. The van der Waals surface area contributed by atoms with Crippen molar-refractivity contribution in [3.05, 3.63) is 6.42 Å². The summed E-state index contributed by atoms with van der Waals surface area (Å²) in [5.41, 5.74) is 0. The number of hydrogen-bond acceptors (Lipinski definition) is 0. The molecule has 0 amide bonds. The lowest BCUT2D eigenvalue weighted by atomic mass is 10.0. The van der Waals surface area contributed by atoms with Gasteiger partial charge in [0.2, 0.25) is 0 Å². The summed E-state index contributed by atoms with van der Waals surface area (Å²) < 4.78 is 0. The van der Waals surface area contributed by atoms with Crippen LogP contribution in [-0.4, -0.2) is 0 Å². The van der Waals surface area contributed by atoms with E-state index in [1.54, 1.807) is 0 Å². The molecule has 0 aliphatic rings. The Kier molecular flexibility index (Phi) is 8.34. The normalized spacial score (nSPS) is 10.2. The molecule has 12 heavy (non-hydrogen) atoms. The van der Waals surface area contributed by atoms with Crippen molar-refractivity contribution in [3.8, 4) is 5.92 Å². The van der Waals surface area contributed by atoms with Crippen molar-refractivity contribution in [1.29, 1.82) is 0 Å². The smallest absolute Gasteiger partial charge is 0.00989 e. The molecule has 0 aromatic heterocycles. The molecule has 0 aliphatic heterocycles. The lowest BCUT2D eigenvalue weighted by molar-refractivity contribution is 0.516. The summed E-state index contributed by atoms with van der Waals surface area (Å²) in [6.07, 6.45) is 15.5. The summed E-state index contributed by atoms with van der Waals surface area (Å²) in [7, 11) is 0. The van der Waals surface area contributed by atoms with Gasteiger partial charge in [0, 0.05) is 6.42 Å². The van der Waals surface area contributed by atoms with Crippen LogP contribution in [0.25, 0.3) is 0 Å². The van der Waals surface area contributed by atoms with Crippen LogP contribution in [0.2, 0.25) is 0 Å². The first-order valence-electron chi connectivity index (χ1n) is 5.17. The molecule has 0 atom stereocenters. The Bertz CT molecular complexity index is 116. The van der Waals surface area contributed by atoms with Crippen molar-refractivity contribution in [2.75, 3.05) is 0 Å². The summed E-state index contributed by atoms with van der Waals surface area (Å²) in [6, 6.07) is 0. The van der Waals surface area contributed by atoms with E-state index in [2.05, 4.69) is 19.8 Å². The average Bonchev–Trinajstić information content (AvgIpc) is 2.02. The molecule has 69 valence electrons. The van der Waals surface area contributed by atoms with Gasteiger partial charge in [-0.2, -0.15) is 0 Å². The maximum atomic E-state index is 6.73. The fourth-order valence-corrected chi connectivity index (χ4v) is 1.30. The van der Waals surface area contributed by atoms with Gasteiger partial charge in [0.1, 0.15) is 0 Å². The standard InChI is InChI=1S/C12H21/c1-4-5-6-7-8-9-10-11-12(2)3/h12H,5-11H2,2-3H3. The third-order valence-electron chi connectivity index (χ3n) is 2.08. The maximum Gasteiger partial charge on any atom is 0.00989 e. The van der Waals surface area contributed by atoms with Crippen LogP contribution in [-0.2, 0) is 0 Å². The van der Waals surface area contributed by atoms with Gasteiger partial charge in [-0.25, -0.2) is 0 Å². The molecule has 0 N–H and O–H groups in total. The van der Waals surface area contributed by atoms with E-state index in [-0.39, 0.29) is 0 Å². The fourth-order valence-electron chi connectivity index (χ4n) is 1.30. The van der Waals surface area contributed by atoms with E-state index in [4.69, 9.17) is 6.42 Å². The topological polar surface area (TPSA) is 0 Å². The van der Waals surface area contributed by atoms with Gasteiger partial charge in [-0.1, -0.05) is 51.9 Å². The minimum atomic E-state index is 0.851. The molecule has 0 rings (SSSR count). The lowest BCUT2D eigenvalue weighted by Gasteiger charge is -2.03. The van der Waals surface area contributed by atoms with Crippen LogP contribution >= 0.6 is 0 Å². The van der Waals surface area contributed by atoms with Gasteiger partial charge in [0.05, 0.1) is 0 Å². The second-order valence-electron chi connectivity index (χ2n) is 3.88. The van der Waals surface area contributed by atoms with Crippen LogP contribution < -0.4 is 0 Å². The molecule has 0 heteroatoms. The summed E-state index contributed by atoms with van der Waals surface area (Å²) in [4.78, 5) is 0. The van der Waals surface area contributed by atoms with Crippen LogP contribution in [0.15, 0.2) is 0 Å². The first kappa shape index (κ1) is 11.6. The third kappa shape index (κ3) is 9.56. The van der Waals surface area contributed by atoms with Crippen molar-refractivity contribution < 1.29 is 0 Å². The minimum absolute atomic E-state index is 0.851. The number of unbranched alkanes of at least 4 members (excludes halogenated alkanes) is 5. The average molecular weight is 165 g/mol. The summed E-state index contributed by atoms with van der Waals surface area (Å²) in [6.45, 7) is 4.56. The van der Waals surface area contributed by atoms with Crippen LogP contribution in [0.5, 0.6) is 0 Å². The molecular weight excluding hydrogens is 144 g/mol. The Hall–Kier alpha value is -0.440. The summed E-state index contributed by atoms with van der Waals surface area (Å²) in [5, 5.41) is 0. The molecular formula is C12H21. The zero-order valence-electron chi connectivity index (χ0n) is 8.53. The highest BCUT2D eigenvalue weighted by Crippen LogP contribution is 2.10. The summed E-state index contributed by atoms with van der Waals surface area (Å²) in [5.74, 6) is 3.29. The van der Waals surface area contributed by atoms with Crippen molar-refractivity contribution in [2.45, 2.75) is 58.8 Å². The fraction of sp³-hybridized carbons (Fsp3) is 0.833. The summed E-state index contributed by atoms with van der Waals surface area (Å²) >= 11 is 0. The van der Waals surface area contributed by atoms with E-state index in [0.29, 0.717) is 0 Å². The molecule has 1 radical (unpaired) electrons. The van der Waals surface area contributed by atoms with E-state index in [1.807, 2.05) is 0 Å². The van der Waals surface area contributed by atoms with Crippen LogP contribution in [0.1, 0.15) is 58.8 Å². The predicted octanol–water partition coefficient (Wildman–Crippen LogP) is 3.96. The second-order valence-corrected chi connectivity index (χ2v) is 3.88. The van der Waals surface area contributed by atoms with Gasteiger partial charge in [0.15, 0.2) is 0 Å². The van der Waals surface area contributed by atoms with Crippen LogP contribution in [0.4, 0.5) is 0 Å². The molecule has 0 aromatic carbocycles. The number of hydrogen-bond donors (Lipinski definition) is 0. The van der Waals surface area contributed by atoms with Crippen molar-refractivity contribution in [3.63, 3.8) is 0 Å². The Morgan fingerprint density at radius 3 is 2.17 bits per heavy atom. The van der Waals surface area contributed by atoms with Gasteiger partial charge in [-0.3, -0.25) is 0 Å². The first-order valence-corrected chi connectivity index (χ1v) is 5.17. The highest BCUT2D eigenvalue weighted by molar-refractivity contribution is 4.74. The Morgan fingerprint density at radius 2 is 1.58 bits per heavy atom. The zero-order chi connectivity index (χ0) is 9.23. The third-order valence-corrected chi connectivity index (χ3v) is 2.08. The molecule has 0 saturated heterocycles. The van der Waals surface area contributed by atoms with E-state index in [0.717, 1.165) is 18.8 Å². The Balaban J connectivity index is 2.87. The molecule has 0 aromatic rings. The molecule has 0 unspecified atom stereocenters. The van der Waals surface area contributed by atoms with Gasteiger partial charge in [0.25, 0.3) is 0 Å². The zero-order valence-corrected chi connectivity index (χ0v) is 8.53. The van der Waals surface area contributed by atoms with Gasteiger partial charge in [-0.15, -0.1) is 0 Å². The minimum Gasteiger partial charge on any atom is -0.0891 e. The van der Waals surface area contributed by atoms with E-state index >= 15 is 0 Å². The van der Waals surface area contributed by atoms with E-state index in [9.17, 15) is 0 Å².